The lowest BCUT2D eigenvalue weighted by Crippen LogP contribution is -2.44. The van der Waals surface area contributed by atoms with Gasteiger partial charge in [0.2, 0.25) is 5.91 Å². The Bertz CT molecular complexity index is 683. The van der Waals surface area contributed by atoms with Crippen LogP contribution in [-0.2, 0) is 9.59 Å². The van der Waals surface area contributed by atoms with Crippen LogP contribution in [0.2, 0.25) is 0 Å². The second kappa shape index (κ2) is 8.69. The van der Waals surface area contributed by atoms with E-state index in [1.807, 2.05) is 0 Å². The molecule has 1 amide bonds. The van der Waals surface area contributed by atoms with Crippen molar-refractivity contribution in [2.75, 3.05) is 13.7 Å². The van der Waals surface area contributed by atoms with Crippen molar-refractivity contribution < 1.29 is 29.0 Å². The number of nitrogens with zero attached hydrogens (tertiary/aromatic N) is 1. The lowest BCUT2D eigenvalue weighted by molar-refractivity contribution is -0.150. The molecule has 1 aromatic rings. The zero-order chi connectivity index (χ0) is 19.3. The fraction of sp³-hybridized carbons (Fsp3) is 0.526. The zero-order valence-corrected chi connectivity index (χ0v) is 15.4. The molecule has 0 spiro atoms. The number of ether oxygens (including phenoxy) is 2. The molecule has 1 unspecified atom stereocenters. The number of carbonyl (C=O) groups is 3. The smallest absolute Gasteiger partial charge is 0.326 e. The summed E-state index contributed by atoms with van der Waals surface area (Å²) in [7, 11) is 1.50. The van der Waals surface area contributed by atoms with Gasteiger partial charge in [-0.05, 0) is 51.3 Å². The van der Waals surface area contributed by atoms with Crippen LogP contribution in [0.4, 0.5) is 0 Å². The third kappa shape index (κ3) is 4.97. The molecule has 26 heavy (non-hydrogen) atoms. The molecule has 1 N–H and O–H groups in total. The molecule has 142 valence electrons. The SMILES string of the molecule is COc1cc(C(C)=O)ccc1OCCCC(=O)N(C1CC1)C(C)C(=O)O. The van der Waals surface area contributed by atoms with E-state index in [1.165, 1.54) is 25.9 Å². The molecule has 1 aromatic carbocycles. The molecule has 0 saturated heterocycles. The van der Waals surface area contributed by atoms with E-state index in [9.17, 15) is 14.4 Å². The third-order valence-corrected chi connectivity index (χ3v) is 4.37. The monoisotopic (exact) mass is 363 g/mol. The van der Waals surface area contributed by atoms with Crippen molar-refractivity contribution in [1.29, 1.82) is 0 Å². The van der Waals surface area contributed by atoms with E-state index in [4.69, 9.17) is 14.6 Å². The van der Waals surface area contributed by atoms with Gasteiger partial charge in [-0.1, -0.05) is 0 Å². The number of methoxy groups -OCH3 is 1. The highest BCUT2D eigenvalue weighted by Gasteiger charge is 2.37. The largest absolute Gasteiger partial charge is 0.493 e. The predicted molar refractivity (Wildman–Crippen MR) is 94.7 cm³/mol. The second-order valence-electron chi connectivity index (χ2n) is 6.42. The highest BCUT2D eigenvalue weighted by atomic mass is 16.5. The average molecular weight is 363 g/mol. The molecule has 0 heterocycles. The molecule has 0 bridgehead atoms. The molecule has 1 atom stereocenters. The van der Waals surface area contributed by atoms with Crippen LogP contribution >= 0.6 is 0 Å². The minimum atomic E-state index is -0.989. The maximum Gasteiger partial charge on any atom is 0.326 e. The van der Waals surface area contributed by atoms with Gasteiger partial charge in [0.15, 0.2) is 17.3 Å². The van der Waals surface area contributed by atoms with Gasteiger partial charge >= 0.3 is 5.97 Å². The predicted octanol–water partition coefficient (Wildman–Crippen LogP) is 2.52. The maximum atomic E-state index is 12.4. The lowest BCUT2D eigenvalue weighted by atomic mass is 10.1. The van der Waals surface area contributed by atoms with Crippen LogP contribution in [0.5, 0.6) is 11.5 Å². The van der Waals surface area contributed by atoms with Crippen molar-refractivity contribution >= 4 is 17.7 Å². The summed E-state index contributed by atoms with van der Waals surface area (Å²) in [5.74, 6) is -0.249. The number of carboxylic acid groups (broad SMARTS) is 1. The highest BCUT2D eigenvalue weighted by molar-refractivity contribution is 5.94. The molecule has 0 aromatic heterocycles. The Kier molecular flexibility index (Phi) is 6.60. The van der Waals surface area contributed by atoms with Crippen molar-refractivity contribution in [2.24, 2.45) is 0 Å². The Balaban J connectivity index is 1.87. The van der Waals surface area contributed by atoms with Crippen molar-refractivity contribution in [3.8, 4) is 11.5 Å². The summed E-state index contributed by atoms with van der Waals surface area (Å²) in [4.78, 5) is 36.4. The molecule has 1 fully saturated rings. The van der Waals surface area contributed by atoms with E-state index in [0.717, 1.165) is 12.8 Å². The topological polar surface area (TPSA) is 93.1 Å². The Labute approximate surface area is 152 Å². The summed E-state index contributed by atoms with van der Waals surface area (Å²) >= 11 is 0. The van der Waals surface area contributed by atoms with Gasteiger partial charge in [-0.15, -0.1) is 0 Å². The van der Waals surface area contributed by atoms with Crippen molar-refractivity contribution in [3.05, 3.63) is 23.8 Å². The summed E-state index contributed by atoms with van der Waals surface area (Å²) < 4.78 is 10.9. The van der Waals surface area contributed by atoms with Crippen LogP contribution in [-0.4, -0.2) is 53.5 Å². The summed E-state index contributed by atoms with van der Waals surface area (Å²) in [5.41, 5.74) is 0.534. The van der Waals surface area contributed by atoms with Crippen molar-refractivity contribution in [2.45, 2.75) is 51.6 Å². The van der Waals surface area contributed by atoms with Gasteiger partial charge in [0.05, 0.1) is 13.7 Å². The van der Waals surface area contributed by atoms with Gasteiger partial charge in [0.1, 0.15) is 6.04 Å². The minimum absolute atomic E-state index is 0.0498. The molecule has 1 saturated carbocycles. The van der Waals surface area contributed by atoms with Gasteiger partial charge in [-0.2, -0.15) is 0 Å². The van der Waals surface area contributed by atoms with Crippen LogP contribution in [0.1, 0.15) is 49.9 Å². The summed E-state index contributed by atoms with van der Waals surface area (Å²) in [6.07, 6.45) is 2.41. The third-order valence-electron chi connectivity index (χ3n) is 4.37. The van der Waals surface area contributed by atoms with Gasteiger partial charge < -0.3 is 19.5 Å². The molecule has 1 aliphatic rings. The number of carbonyl (C=O) groups excluding carboxylic acids is 2. The Morgan fingerprint density at radius 2 is 1.96 bits per heavy atom. The average Bonchev–Trinajstić information content (AvgIpc) is 3.43. The molecule has 0 aliphatic heterocycles. The first-order chi connectivity index (χ1) is 12.3. The van der Waals surface area contributed by atoms with Gasteiger partial charge in [0, 0.05) is 18.0 Å². The van der Waals surface area contributed by atoms with E-state index in [0.29, 0.717) is 30.1 Å². The van der Waals surface area contributed by atoms with Crippen molar-refractivity contribution in [1.82, 2.24) is 4.90 Å². The standard InChI is InChI=1S/C19H25NO6/c1-12(19(23)24)20(15-7-8-15)18(22)5-4-10-26-16-9-6-14(13(2)21)11-17(16)25-3/h6,9,11-12,15H,4-5,7-8,10H2,1-3H3,(H,23,24). The highest BCUT2D eigenvalue weighted by Crippen LogP contribution is 2.30. The Morgan fingerprint density at radius 3 is 2.50 bits per heavy atom. The number of amides is 1. The minimum Gasteiger partial charge on any atom is -0.493 e. The number of carboxylic acids is 1. The number of rotatable bonds is 10. The van der Waals surface area contributed by atoms with E-state index >= 15 is 0 Å². The number of hydrogen-bond donors (Lipinski definition) is 1. The molecule has 1 aliphatic carbocycles. The normalized spacial score (nSPS) is 14.4. The Morgan fingerprint density at radius 1 is 1.27 bits per heavy atom. The molecule has 7 heteroatoms. The number of aliphatic carboxylic acids is 1. The number of benzene rings is 1. The fourth-order valence-electron chi connectivity index (χ4n) is 2.75. The first-order valence-corrected chi connectivity index (χ1v) is 8.71. The first kappa shape index (κ1) is 19.8. The van der Waals surface area contributed by atoms with Gasteiger partial charge in [-0.3, -0.25) is 9.59 Å². The van der Waals surface area contributed by atoms with Crippen LogP contribution < -0.4 is 9.47 Å². The first-order valence-electron chi connectivity index (χ1n) is 8.71. The number of ketones is 1. The molecule has 7 nitrogen and oxygen atoms in total. The van der Waals surface area contributed by atoms with Crippen LogP contribution in [0.25, 0.3) is 0 Å². The summed E-state index contributed by atoms with van der Waals surface area (Å²) in [5, 5.41) is 9.16. The molecule has 2 rings (SSSR count). The second-order valence-corrected chi connectivity index (χ2v) is 6.42. The lowest BCUT2D eigenvalue weighted by Gasteiger charge is -2.26. The quantitative estimate of drug-likeness (QED) is 0.507. The van der Waals surface area contributed by atoms with E-state index in [1.54, 1.807) is 18.2 Å². The summed E-state index contributed by atoms with van der Waals surface area (Å²) in [6.45, 7) is 3.31. The van der Waals surface area contributed by atoms with Gasteiger partial charge in [-0.25, -0.2) is 4.79 Å². The number of Topliss-reactive ketones (excluding diaryl/α,β-unsaturated/α-hetero) is 1. The van der Waals surface area contributed by atoms with E-state index in [-0.39, 0.29) is 24.2 Å². The zero-order valence-electron chi connectivity index (χ0n) is 15.4. The van der Waals surface area contributed by atoms with E-state index in [2.05, 4.69) is 0 Å². The van der Waals surface area contributed by atoms with Crippen molar-refractivity contribution in [3.63, 3.8) is 0 Å². The molecule has 0 radical (unpaired) electrons. The number of hydrogen-bond acceptors (Lipinski definition) is 5. The van der Waals surface area contributed by atoms with E-state index < -0.39 is 12.0 Å². The summed E-state index contributed by atoms with van der Waals surface area (Å²) in [6, 6.07) is 4.19. The molecular weight excluding hydrogens is 338 g/mol. The van der Waals surface area contributed by atoms with Crippen LogP contribution in [0.15, 0.2) is 18.2 Å². The van der Waals surface area contributed by atoms with Crippen LogP contribution in [0, 0.1) is 0 Å². The Hall–Kier alpha value is -2.57. The van der Waals surface area contributed by atoms with Gasteiger partial charge in [0.25, 0.3) is 0 Å². The molecular formula is C19H25NO6. The fourth-order valence-corrected chi connectivity index (χ4v) is 2.75. The van der Waals surface area contributed by atoms with Crippen LogP contribution in [0.3, 0.4) is 0 Å². The maximum absolute atomic E-state index is 12.4.